The third-order valence-electron chi connectivity index (χ3n) is 5.77. The van der Waals surface area contributed by atoms with Crippen LogP contribution in [-0.4, -0.2) is 51.7 Å². The van der Waals surface area contributed by atoms with Crippen molar-refractivity contribution in [3.05, 3.63) is 48.7 Å². The Morgan fingerprint density at radius 3 is 1.91 bits per heavy atom. The van der Waals surface area contributed by atoms with Gasteiger partial charge in [0.05, 0.1) is 0 Å². The normalized spacial score (nSPS) is 16.2. The Balaban J connectivity index is 2.57. The van der Waals surface area contributed by atoms with Crippen molar-refractivity contribution in [1.29, 1.82) is 0 Å². The van der Waals surface area contributed by atoms with Crippen molar-refractivity contribution in [2.75, 3.05) is 19.6 Å². The third-order valence-corrected chi connectivity index (χ3v) is 9.02. The quantitative estimate of drug-likeness (QED) is 0.201. The molecule has 0 spiro atoms. The maximum Gasteiger partial charge on any atom is 0.501 e. The molecule has 0 aliphatic rings. The summed E-state index contributed by atoms with van der Waals surface area (Å²) >= 11 is 0. The van der Waals surface area contributed by atoms with Gasteiger partial charge in [0.15, 0.2) is 0 Å². The van der Waals surface area contributed by atoms with Crippen LogP contribution >= 0.6 is 0 Å². The Kier molecular flexibility index (Phi) is 14.8. The van der Waals surface area contributed by atoms with Gasteiger partial charge < -0.3 is 23.5 Å². The molecule has 1 aromatic rings. The minimum absolute atomic E-state index is 0.141. The standard InChI is InChI=1S/C26H48N2O3Si/c1-8-23(5)29-32(30-24(6)9-2,31-25(7)10-3)21-15-18-27-19-20-28(11-4)22-26-16-13-12-14-17-26/h11-14,16-17,23-25,27H,4,8-10,15,18-22H2,1-3,5-7H3. The summed E-state index contributed by atoms with van der Waals surface area (Å²) in [5, 5.41) is 3.58. The van der Waals surface area contributed by atoms with Gasteiger partial charge in [-0.2, -0.15) is 0 Å². The molecule has 5 nitrogen and oxygen atoms in total. The van der Waals surface area contributed by atoms with Gasteiger partial charge in [-0.1, -0.05) is 57.7 Å². The Morgan fingerprint density at radius 1 is 0.906 bits per heavy atom. The lowest BCUT2D eigenvalue weighted by molar-refractivity contribution is -0.0110. The van der Waals surface area contributed by atoms with Gasteiger partial charge in [0.25, 0.3) is 0 Å². The van der Waals surface area contributed by atoms with Gasteiger partial charge in [0.1, 0.15) is 0 Å². The molecule has 0 bridgehead atoms. The van der Waals surface area contributed by atoms with Crippen molar-refractivity contribution < 1.29 is 13.3 Å². The van der Waals surface area contributed by atoms with E-state index >= 15 is 0 Å². The van der Waals surface area contributed by atoms with E-state index in [4.69, 9.17) is 13.3 Å². The zero-order valence-corrected chi connectivity index (χ0v) is 22.4. The van der Waals surface area contributed by atoms with Crippen molar-refractivity contribution in [3.8, 4) is 0 Å². The number of hydrogen-bond donors (Lipinski definition) is 1. The van der Waals surface area contributed by atoms with E-state index in [0.717, 1.165) is 57.9 Å². The predicted octanol–water partition coefficient (Wildman–Crippen LogP) is 6.00. The molecule has 0 aliphatic heterocycles. The molecule has 0 aromatic heterocycles. The van der Waals surface area contributed by atoms with Crippen LogP contribution in [0.2, 0.25) is 6.04 Å². The first kappa shape index (κ1) is 28.8. The Hall–Kier alpha value is -1.18. The molecule has 0 fully saturated rings. The van der Waals surface area contributed by atoms with E-state index in [9.17, 15) is 0 Å². The summed E-state index contributed by atoms with van der Waals surface area (Å²) < 4.78 is 19.5. The van der Waals surface area contributed by atoms with Crippen molar-refractivity contribution in [1.82, 2.24) is 10.2 Å². The molecule has 3 atom stereocenters. The molecule has 0 aliphatic carbocycles. The molecule has 0 saturated carbocycles. The first-order chi connectivity index (χ1) is 15.4. The minimum atomic E-state index is -2.75. The molecule has 1 rings (SSSR count). The molecule has 32 heavy (non-hydrogen) atoms. The molecule has 0 saturated heterocycles. The summed E-state index contributed by atoms with van der Waals surface area (Å²) in [5.41, 5.74) is 1.30. The smallest absolute Gasteiger partial charge is 0.372 e. The van der Waals surface area contributed by atoms with E-state index in [1.54, 1.807) is 0 Å². The van der Waals surface area contributed by atoms with E-state index in [0.29, 0.717) is 0 Å². The van der Waals surface area contributed by atoms with Gasteiger partial charge in [-0.15, -0.1) is 0 Å². The Morgan fingerprint density at radius 2 is 1.44 bits per heavy atom. The van der Waals surface area contributed by atoms with E-state index in [1.165, 1.54) is 5.56 Å². The number of nitrogens with one attached hydrogen (secondary N) is 1. The summed E-state index contributed by atoms with van der Waals surface area (Å²) in [6.07, 6.45) is 6.19. The second-order valence-corrected chi connectivity index (χ2v) is 11.3. The lowest BCUT2D eigenvalue weighted by Crippen LogP contribution is -2.51. The fourth-order valence-corrected chi connectivity index (χ4v) is 6.73. The lowest BCUT2D eigenvalue weighted by atomic mass is 10.2. The van der Waals surface area contributed by atoms with Crippen LogP contribution in [0.5, 0.6) is 0 Å². The van der Waals surface area contributed by atoms with Gasteiger partial charge in [-0.05, 0) is 64.8 Å². The molecule has 3 unspecified atom stereocenters. The van der Waals surface area contributed by atoms with Crippen molar-refractivity contribution in [2.24, 2.45) is 0 Å². The molecule has 6 heteroatoms. The van der Waals surface area contributed by atoms with Gasteiger partial charge in [-0.3, -0.25) is 0 Å². The van der Waals surface area contributed by atoms with Crippen LogP contribution in [0.1, 0.15) is 72.8 Å². The molecular formula is C26H48N2O3Si. The Labute approximate surface area is 198 Å². The predicted molar refractivity (Wildman–Crippen MR) is 138 cm³/mol. The highest BCUT2D eigenvalue weighted by Crippen LogP contribution is 2.25. The monoisotopic (exact) mass is 464 g/mol. The number of rotatable bonds is 19. The van der Waals surface area contributed by atoms with Crippen LogP contribution in [0.15, 0.2) is 43.1 Å². The number of nitrogens with zero attached hydrogens (tertiary/aromatic N) is 1. The highest BCUT2D eigenvalue weighted by atomic mass is 28.4. The van der Waals surface area contributed by atoms with Gasteiger partial charge >= 0.3 is 8.80 Å². The summed E-state index contributed by atoms with van der Waals surface area (Å²) in [7, 11) is -2.75. The van der Waals surface area contributed by atoms with Gasteiger partial charge in [-0.25, -0.2) is 0 Å². The van der Waals surface area contributed by atoms with E-state index in [-0.39, 0.29) is 18.3 Å². The van der Waals surface area contributed by atoms with Crippen LogP contribution < -0.4 is 5.32 Å². The van der Waals surface area contributed by atoms with E-state index in [1.807, 2.05) is 12.3 Å². The maximum atomic E-state index is 6.51. The molecule has 0 amide bonds. The zero-order chi connectivity index (χ0) is 23.8. The number of hydrogen-bond acceptors (Lipinski definition) is 5. The lowest BCUT2D eigenvalue weighted by Gasteiger charge is -2.36. The van der Waals surface area contributed by atoms with Gasteiger partial charge in [0.2, 0.25) is 0 Å². The second kappa shape index (κ2) is 16.4. The van der Waals surface area contributed by atoms with Gasteiger partial charge in [0, 0.05) is 44.0 Å². The number of benzene rings is 1. The first-order valence-electron chi connectivity index (χ1n) is 12.5. The van der Waals surface area contributed by atoms with Crippen LogP contribution in [0.4, 0.5) is 0 Å². The molecule has 0 radical (unpaired) electrons. The second-order valence-electron chi connectivity index (χ2n) is 8.69. The highest BCUT2D eigenvalue weighted by Gasteiger charge is 2.44. The van der Waals surface area contributed by atoms with Crippen LogP contribution in [-0.2, 0) is 19.8 Å². The first-order valence-corrected chi connectivity index (χ1v) is 14.5. The van der Waals surface area contributed by atoms with E-state index in [2.05, 4.69) is 82.6 Å². The van der Waals surface area contributed by atoms with E-state index < -0.39 is 8.80 Å². The average Bonchev–Trinajstić information content (AvgIpc) is 2.80. The third kappa shape index (κ3) is 11.6. The topological polar surface area (TPSA) is 43.0 Å². The minimum Gasteiger partial charge on any atom is -0.372 e. The highest BCUT2D eigenvalue weighted by molar-refractivity contribution is 6.60. The van der Waals surface area contributed by atoms with Crippen molar-refractivity contribution in [3.63, 3.8) is 0 Å². The molecule has 1 aromatic carbocycles. The summed E-state index contributed by atoms with van der Waals surface area (Å²) in [5.74, 6) is 0. The fourth-order valence-electron chi connectivity index (χ4n) is 3.26. The van der Waals surface area contributed by atoms with Crippen molar-refractivity contribution >= 4 is 8.80 Å². The van der Waals surface area contributed by atoms with Crippen molar-refractivity contribution in [2.45, 2.75) is 98.1 Å². The molecular weight excluding hydrogens is 416 g/mol. The summed E-state index contributed by atoms with van der Waals surface area (Å²) in [6, 6.07) is 11.4. The SMILES string of the molecule is C=CN(CCNCCC[Si](OC(C)CC)(OC(C)CC)OC(C)CC)Cc1ccccc1. The van der Waals surface area contributed by atoms with Crippen LogP contribution in [0.3, 0.4) is 0 Å². The molecule has 0 heterocycles. The summed E-state index contributed by atoms with van der Waals surface area (Å²) in [4.78, 5) is 2.24. The van der Waals surface area contributed by atoms with Crippen LogP contribution in [0, 0.1) is 0 Å². The largest absolute Gasteiger partial charge is 0.501 e. The molecule has 1 N–H and O–H groups in total. The maximum absolute atomic E-state index is 6.51. The van der Waals surface area contributed by atoms with Crippen LogP contribution in [0.25, 0.3) is 0 Å². The average molecular weight is 465 g/mol. The Bertz CT molecular complexity index is 571. The summed E-state index contributed by atoms with van der Waals surface area (Å²) in [6.45, 7) is 20.4. The zero-order valence-electron chi connectivity index (χ0n) is 21.4. The fraction of sp³-hybridized carbons (Fsp3) is 0.692. The molecule has 184 valence electrons.